The van der Waals surface area contributed by atoms with Gasteiger partial charge in [0.15, 0.2) is 5.69 Å². The minimum absolute atomic E-state index is 0.349. The second kappa shape index (κ2) is 3.80. The minimum atomic E-state index is -0.384. The Morgan fingerprint density at radius 3 is 3.00 bits per heavy atom. The van der Waals surface area contributed by atoms with Crippen LogP contribution in [0.25, 0.3) is 0 Å². The van der Waals surface area contributed by atoms with Gasteiger partial charge in [-0.05, 0) is 6.92 Å². The van der Waals surface area contributed by atoms with Gasteiger partial charge in [-0.3, -0.25) is 4.68 Å². The van der Waals surface area contributed by atoms with Crippen LogP contribution in [-0.2, 0) is 11.8 Å². The summed E-state index contributed by atoms with van der Waals surface area (Å²) in [7, 11) is 1.79. The van der Waals surface area contributed by atoms with Gasteiger partial charge in [0.25, 0.3) is 0 Å². The highest BCUT2D eigenvalue weighted by Gasteiger charge is 2.24. The van der Waals surface area contributed by atoms with Crippen molar-refractivity contribution in [1.29, 1.82) is 0 Å². The molecular weight excluding hydrogens is 196 g/mol. The summed E-state index contributed by atoms with van der Waals surface area (Å²) >= 11 is 0. The molecule has 0 spiro atoms. The van der Waals surface area contributed by atoms with E-state index < -0.39 is 0 Å². The van der Waals surface area contributed by atoms with Gasteiger partial charge in [-0.15, -0.1) is 0 Å². The topological polar surface area (TPSA) is 68.2 Å². The molecule has 0 aromatic carbocycles. The number of esters is 1. The van der Waals surface area contributed by atoms with Crippen molar-refractivity contribution in [3.8, 4) is 0 Å². The number of fused-ring (bicyclic) bond motifs is 1. The number of aromatic nitrogens is 2. The average molecular weight is 210 g/mol. The molecule has 6 heteroatoms. The second-order valence-corrected chi connectivity index (χ2v) is 3.27. The van der Waals surface area contributed by atoms with E-state index in [2.05, 4.69) is 15.7 Å². The minimum Gasteiger partial charge on any atom is -0.461 e. The van der Waals surface area contributed by atoms with Gasteiger partial charge >= 0.3 is 5.97 Å². The fourth-order valence-corrected chi connectivity index (χ4v) is 1.60. The normalized spacial score (nSPS) is 13.7. The number of ether oxygens (including phenoxy) is 1. The Labute approximate surface area is 87.6 Å². The smallest absolute Gasteiger partial charge is 0.361 e. The molecule has 82 valence electrons. The Morgan fingerprint density at radius 1 is 1.53 bits per heavy atom. The first-order valence-corrected chi connectivity index (χ1v) is 4.96. The van der Waals surface area contributed by atoms with E-state index in [1.807, 2.05) is 0 Å². The van der Waals surface area contributed by atoms with Gasteiger partial charge < -0.3 is 15.4 Å². The van der Waals surface area contributed by atoms with Crippen LogP contribution in [0.15, 0.2) is 0 Å². The number of aryl methyl sites for hydroxylation is 1. The largest absolute Gasteiger partial charge is 0.461 e. The van der Waals surface area contributed by atoms with Crippen LogP contribution >= 0.6 is 0 Å². The summed E-state index contributed by atoms with van der Waals surface area (Å²) in [4.78, 5) is 11.6. The molecule has 1 aromatic heterocycles. The summed E-state index contributed by atoms with van der Waals surface area (Å²) in [6.45, 7) is 3.75. The Bertz CT molecular complexity index is 386. The first kappa shape index (κ1) is 9.82. The predicted octanol–water partition coefficient (Wildman–Crippen LogP) is 0.434. The summed E-state index contributed by atoms with van der Waals surface area (Å²) in [5, 5.41) is 10.5. The van der Waals surface area contributed by atoms with Crippen LogP contribution < -0.4 is 10.6 Å². The van der Waals surface area contributed by atoms with Crippen molar-refractivity contribution in [2.75, 3.05) is 30.3 Å². The molecule has 0 unspecified atom stereocenters. The molecule has 6 nitrogen and oxygen atoms in total. The molecule has 0 amide bonds. The zero-order chi connectivity index (χ0) is 10.8. The maximum atomic E-state index is 11.6. The third kappa shape index (κ3) is 1.62. The van der Waals surface area contributed by atoms with E-state index in [1.54, 1.807) is 18.7 Å². The summed E-state index contributed by atoms with van der Waals surface area (Å²) in [6.07, 6.45) is 0. The van der Waals surface area contributed by atoms with Crippen LogP contribution in [0.2, 0.25) is 0 Å². The lowest BCUT2D eigenvalue weighted by atomic mass is 10.3. The number of rotatable bonds is 2. The summed E-state index contributed by atoms with van der Waals surface area (Å²) < 4.78 is 6.57. The van der Waals surface area contributed by atoms with Crippen molar-refractivity contribution in [3.05, 3.63) is 5.69 Å². The highest BCUT2D eigenvalue weighted by molar-refractivity contribution is 5.97. The number of anilines is 2. The number of carbonyl (C=O) groups is 1. The zero-order valence-electron chi connectivity index (χ0n) is 8.83. The van der Waals surface area contributed by atoms with Crippen LogP contribution in [0.5, 0.6) is 0 Å². The molecule has 0 saturated heterocycles. The van der Waals surface area contributed by atoms with Gasteiger partial charge in [0.05, 0.1) is 6.61 Å². The second-order valence-electron chi connectivity index (χ2n) is 3.27. The molecule has 1 aromatic rings. The molecular formula is C9H14N4O2. The first-order chi connectivity index (χ1) is 7.24. The summed E-state index contributed by atoms with van der Waals surface area (Å²) in [5.74, 6) is 0.454. The van der Waals surface area contributed by atoms with Gasteiger partial charge in [0.1, 0.15) is 11.5 Å². The molecule has 0 bridgehead atoms. The third-order valence-corrected chi connectivity index (χ3v) is 2.24. The van der Waals surface area contributed by atoms with Crippen LogP contribution in [0.4, 0.5) is 11.5 Å². The van der Waals surface area contributed by atoms with Gasteiger partial charge in [0.2, 0.25) is 0 Å². The lowest BCUT2D eigenvalue weighted by molar-refractivity contribution is 0.0519. The monoisotopic (exact) mass is 210 g/mol. The van der Waals surface area contributed by atoms with E-state index in [1.165, 1.54) is 0 Å². The maximum Gasteiger partial charge on any atom is 0.361 e. The number of hydrogen-bond acceptors (Lipinski definition) is 5. The molecule has 0 radical (unpaired) electrons. The Morgan fingerprint density at radius 2 is 2.27 bits per heavy atom. The predicted molar refractivity (Wildman–Crippen MR) is 56.1 cm³/mol. The number of carbonyl (C=O) groups excluding carboxylic acids is 1. The van der Waals surface area contributed by atoms with Crippen LogP contribution in [-0.4, -0.2) is 35.4 Å². The summed E-state index contributed by atoms with van der Waals surface area (Å²) in [5.41, 5.74) is 1.09. The SMILES string of the molecule is CCOC(=O)c1nn(C)c2c1NCCN2. The fraction of sp³-hybridized carbons (Fsp3) is 0.556. The van der Waals surface area contributed by atoms with E-state index >= 15 is 0 Å². The number of hydrogen-bond donors (Lipinski definition) is 2. The van der Waals surface area contributed by atoms with E-state index in [-0.39, 0.29) is 5.97 Å². The molecule has 0 atom stereocenters. The van der Waals surface area contributed by atoms with Gasteiger partial charge in [-0.1, -0.05) is 0 Å². The van der Waals surface area contributed by atoms with Crippen molar-refractivity contribution in [3.63, 3.8) is 0 Å². The molecule has 0 saturated carbocycles. The molecule has 15 heavy (non-hydrogen) atoms. The maximum absolute atomic E-state index is 11.6. The van der Waals surface area contributed by atoms with E-state index in [0.717, 1.165) is 24.6 Å². The van der Waals surface area contributed by atoms with Crippen LogP contribution in [0, 0.1) is 0 Å². The highest BCUT2D eigenvalue weighted by Crippen LogP contribution is 2.27. The number of nitrogens with zero attached hydrogens (tertiary/aromatic N) is 2. The van der Waals surface area contributed by atoms with Crippen LogP contribution in [0.1, 0.15) is 17.4 Å². The molecule has 0 fully saturated rings. The van der Waals surface area contributed by atoms with Gasteiger partial charge in [-0.25, -0.2) is 4.79 Å². The standard InChI is InChI=1S/C9H14N4O2/c1-3-15-9(14)7-6-8(13(2)12-7)11-5-4-10-6/h10-11H,3-5H2,1-2H3. The van der Waals surface area contributed by atoms with Crippen molar-refractivity contribution in [2.45, 2.75) is 6.92 Å². The van der Waals surface area contributed by atoms with Crippen molar-refractivity contribution in [1.82, 2.24) is 9.78 Å². The molecule has 1 aliphatic heterocycles. The van der Waals surface area contributed by atoms with Gasteiger partial charge in [-0.2, -0.15) is 5.10 Å². The Kier molecular flexibility index (Phi) is 2.49. The molecule has 2 N–H and O–H groups in total. The summed E-state index contributed by atoms with van der Waals surface area (Å²) in [6, 6.07) is 0. The zero-order valence-corrected chi connectivity index (χ0v) is 8.83. The molecule has 1 aliphatic rings. The Balaban J connectivity index is 2.35. The molecule has 2 heterocycles. The quantitative estimate of drug-likeness (QED) is 0.693. The van der Waals surface area contributed by atoms with Crippen molar-refractivity contribution >= 4 is 17.5 Å². The average Bonchev–Trinajstić information content (AvgIpc) is 2.58. The molecule has 2 rings (SSSR count). The van der Waals surface area contributed by atoms with Crippen molar-refractivity contribution in [2.24, 2.45) is 7.05 Å². The number of nitrogens with one attached hydrogen (secondary N) is 2. The lowest BCUT2D eigenvalue weighted by Gasteiger charge is -2.16. The highest BCUT2D eigenvalue weighted by atomic mass is 16.5. The lowest BCUT2D eigenvalue weighted by Crippen LogP contribution is -2.22. The van der Waals surface area contributed by atoms with E-state index in [4.69, 9.17) is 4.74 Å². The van der Waals surface area contributed by atoms with Crippen LogP contribution in [0.3, 0.4) is 0 Å². The van der Waals surface area contributed by atoms with E-state index in [0.29, 0.717) is 12.3 Å². The third-order valence-electron chi connectivity index (χ3n) is 2.24. The van der Waals surface area contributed by atoms with E-state index in [9.17, 15) is 4.79 Å². The Hall–Kier alpha value is -1.72. The fourth-order valence-electron chi connectivity index (χ4n) is 1.60. The molecule has 0 aliphatic carbocycles. The first-order valence-electron chi connectivity index (χ1n) is 4.96. The van der Waals surface area contributed by atoms with Crippen molar-refractivity contribution < 1.29 is 9.53 Å². The van der Waals surface area contributed by atoms with Gasteiger partial charge in [0, 0.05) is 20.1 Å².